The lowest BCUT2D eigenvalue weighted by atomic mass is 9.80. The van der Waals surface area contributed by atoms with Crippen molar-refractivity contribution < 1.29 is 32.2 Å². The van der Waals surface area contributed by atoms with E-state index in [4.69, 9.17) is 9.47 Å². The minimum atomic E-state index is -4.21. The molecule has 0 aromatic carbocycles. The van der Waals surface area contributed by atoms with Crippen molar-refractivity contribution in [3.05, 3.63) is 15.8 Å². The predicted molar refractivity (Wildman–Crippen MR) is 103 cm³/mol. The highest BCUT2D eigenvalue weighted by molar-refractivity contribution is 7.14. The predicted octanol–water partition coefficient (Wildman–Crippen LogP) is 4.72. The van der Waals surface area contributed by atoms with Crippen LogP contribution < -0.4 is 4.90 Å². The van der Waals surface area contributed by atoms with Crippen LogP contribution in [0, 0.1) is 18.8 Å². The van der Waals surface area contributed by atoms with Gasteiger partial charge in [0.05, 0.1) is 18.7 Å². The Labute approximate surface area is 172 Å². The van der Waals surface area contributed by atoms with Crippen molar-refractivity contribution in [2.24, 2.45) is 11.8 Å². The van der Waals surface area contributed by atoms with E-state index >= 15 is 0 Å². The molecule has 0 unspecified atom stereocenters. The summed E-state index contributed by atoms with van der Waals surface area (Å²) in [6.45, 7) is 2.86. The van der Waals surface area contributed by atoms with Crippen LogP contribution in [0.4, 0.5) is 18.9 Å². The molecular weight excluding hydrogens is 407 g/mol. The number of hydrogen-bond acceptors (Lipinski definition) is 5. The summed E-state index contributed by atoms with van der Waals surface area (Å²) in [6, 6.07) is 1.65. The van der Waals surface area contributed by atoms with E-state index in [1.54, 1.807) is 11.0 Å². The van der Waals surface area contributed by atoms with Gasteiger partial charge in [-0.05, 0) is 51.5 Å². The molecule has 5 nitrogen and oxygen atoms in total. The van der Waals surface area contributed by atoms with Gasteiger partial charge in [-0.15, -0.1) is 11.3 Å². The number of thiophene rings is 1. The van der Waals surface area contributed by atoms with Crippen molar-refractivity contribution in [1.29, 1.82) is 0 Å². The summed E-state index contributed by atoms with van der Waals surface area (Å²) in [4.78, 5) is 28.6. The maximum absolute atomic E-state index is 13.5. The first-order valence-electron chi connectivity index (χ1n) is 9.88. The van der Waals surface area contributed by atoms with Crippen LogP contribution in [0.15, 0.2) is 6.07 Å². The number of rotatable bonds is 4. The van der Waals surface area contributed by atoms with Crippen LogP contribution in [-0.4, -0.2) is 44.4 Å². The molecule has 1 aromatic heterocycles. The Morgan fingerprint density at radius 2 is 1.76 bits per heavy atom. The van der Waals surface area contributed by atoms with Crippen LogP contribution >= 0.6 is 11.3 Å². The Hall–Kier alpha value is -1.61. The zero-order valence-electron chi connectivity index (χ0n) is 16.6. The van der Waals surface area contributed by atoms with Gasteiger partial charge in [0.2, 0.25) is 5.91 Å². The second kappa shape index (κ2) is 9.04. The van der Waals surface area contributed by atoms with E-state index in [2.05, 4.69) is 0 Å². The summed E-state index contributed by atoms with van der Waals surface area (Å²) in [5.41, 5.74) is 0.509. The molecule has 0 radical (unpaired) electrons. The molecule has 1 aliphatic carbocycles. The molecule has 0 bridgehead atoms. The molecule has 0 spiro atoms. The quantitative estimate of drug-likeness (QED) is 0.645. The Morgan fingerprint density at radius 1 is 1.14 bits per heavy atom. The molecule has 3 rings (SSSR count). The summed E-state index contributed by atoms with van der Waals surface area (Å²) < 4.78 is 49.3. The minimum Gasteiger partial charge on any atom is -0.465 e. The number of anilines is 1. The van der Waals surface area contributed by atoms with Gasteiger partial charge in [0.1, 0.15) is 4.88 Å². The van der Waals surface area contributed by atoms with E-state index in [0.29, 0.717) is 36.6 Å². The average Bonchev–Trinajstić information content (AvgIpc) is 3.09. The summed E-state index contributed by atoms with van der Waals surface area (Å²) in [5.74, 6) is -2.51. The van der Waals surface area contributed by atoms with Crippen molar-refractivity contribution in [1.82, 2.24) is 0 Å². The fourth-order valence-electron chi connectivity index (χ4n) is 4.22. The summed E-state index contributed by atoms with van der Waals surface area (Å²) >= 11 is 1.26. The lowest BCUT2D eigenvalue weighted by Gasteiger charge is -2.38. The normalized spacial score (nSPS) is 23.6. The zero-order chi connectivity index (χ0) is 21.2. The van der Waals surface area contributed by atoms with E-state index in [1.807, 2.05) is 6.92 Å². The Kier molecular flexibility index (Phi) is 6.88. The molecule has 9 heteroatoms. The van der Waals surface area contributed by atoms with E-state index in [-0.39, 0.29) is 37.6 Å². The van der Waals surface area contributed by atoms with Gasteiger partial charge in [0, 0.05) is 30.1 Å². The lowest BCUT2D eigenvalue weighted by Crippen LogP contribution is -2.47. The van der Waals surface area contributed by atoms with Gasteiger partial charge in [-0.2, -0.15) is 13.2 Å². The highest BCUT2D eigenvalue weighted by Gasteiger charge is 2.44. The molecule has 2 heterocycles. The molecule has 1 aromatic rings. The number of methoxy groups -OCH3 is 1. The molecular formula is C20H26F3NO4S. The monoisotopic (exact) mass is 433 g/mol. The van der Waals surface area contributed by atoms with Crippen molar-refractivity contribution in [3.8, 4) is 0 Å². The third-order valence-electron chi connectivity index (χ3n) is 5.80. The smallest absolute Gasteiger partial charge is 0.391 e. The molecule has 2 fully saturated rings. The summed E-state index contributed by atoms with van der Waals surface area (Å²) in [6.07, 6.45) is -2.61. The maximum atomic E-state index is 13.5. The number of carbonyl (C=O) groups is 2. The summed E-state index contributed by atoms with van der Waals surface area (Å²) in [7, 11) is 1.29. The average molecular weight is 433 g/mol. The minimum absolute atomic E-state index is 0.0337. The van der Waals surface area contributed by atoms with Crippen molar-refractivity contribution in [2.45, 2.75) is 57.7 Å². The van der Waals surface area contributed by atoms with Gasteiger partial charge in [0.25, 0.3) is 0 Å². The van der Waals surface area contributed by atoms with Gasteiger partial charge in [-0.25, -0.2) is 4.79 Å². The molecule has 29 heavy (non-hydrogen) atoms. The largest absolute Gasteiger partial charge is 0.465 e. The lowest BCUT2D eigenvalue weighted by molar-refractivity contribution is -0.184. The van der Waals surface area contributed by atoms with Crippen molar-refractivity contribution >= 4 is 28.9 Å². The van der Waals surface area contributed by atoms with Crippen LogP contribution in [0.5, 0.6) is 0 Å². The SMILES string of the molecule is COC(=O)c1sc(C)cc1N(C(=O)C1CCC(C(F)(F)F)CC1)C1CCOCC1. The number of esters is 1. The van der Waals surface area contributed by atoms with Crippen molar-refractivity contribution in [3.63, 3.8) is 0 Å². The fraction of sp³-hybridized carbons (Fsp3) is 0.700. The van der Waals surface area contributed by atoms with Crippen LogP contribution in [-0.2, 0) is 14.3 Å². The summed E-state index contributed by atoms with van der Waals surface area (Å²) in [5, 5.41) is 0. The van der Waals surface area contributed by atoms with Gasteiger partial charge < -0.3 is 14.4 Å². The number of aryl methyl sites for hydroxylation is 1. The molecule has 1 amide bonds. The molecule has 1 saturated carbocycles. The van der Waals surface area contributed by atoms with Crippen LogP contribution in [0.25, 0.3) is 0 Å². The fourth-order valence-corrected chi connectivity index (χ4v) is 5.14. The first kappa shape index (κ1) is 22.1. The topological polar surface area (TPSA) is 55.8 Å². The number of hydrogen-bond donors (Lipinski definition) is 0. The van der Waals surface area contributed by atoms with Crippen LogP contribution in [0.1, 0.15) is 53.1 Å². The number of halogens is 3. The Morgan fingerprint density at radius 3 is 2.31 bits per heavy atom. The first-order chi connectivity index (χ1) is 13.7. The van der Waals surface area contributed by atoms with Gasteiger partial charge in [-0.3, -0.25) is 4.79 Å². The van der Waals surface area contributed by atoms with E-state index in [9.17, 15) is 22.8 Å². The van der Waals surface area contributed by atoms with Crippen LogP contribution in [0.3, 0.4) is 0 Å². The van der Waals surface area contributed by atoms with E-state index < -0.39 is 24.0 Å². The molecule has 1 aliphatic heterocycles. The first-order valence-corrected chi connectivity index (χ1v) is 10.7. The third kappa shape index (κ3) is 4.94. The molecule has 0 N–H and O–H groups in total. The Bertz CT molecular complexity index is 735. The number of nitrogens with zero attached hydrogens (tertiary/aromatic N) is 1. The third-order valence-corrected chi connectivity index (χ3v) is 6.82. The Balaban J connectivity index is 1.87. The van der Waals surface area contributed by atoms with Gasteiger partial charge in [0.15, 0.2) is 0 Å². The maximum Gasteiger partial charge on any atom is 0.391 e. The van der Waals surface area contributed by atoms with E-state index in [0.717, 1.165) is 4.88 Å². The highest BCUT2D eigenvalue weighted by Crippen LogP contribution is 2.42. The number of carbonyl (C=O) groups excluding carboxylic acids is 2. The van der Waals surface area contributed by atoms with E-state index in [1.165, 1.54) is 18.4 Å². The molecule has 162 valence electrons. The van der Waals surface area contributed by atoms with Crippen LogP contribution in [0.2, 0.25) is 0 Å². The standard InChI is InChI=1S/C20H26F3NO4S/c1-12-11-16(17(29-12)19(26)27-2)24(15-7-9-28-10-8-15)18(25)13-3-5-14(6-4-13)20(21,22)23/h11,13-15H,3-10H2,1-2H3. The van der Waals surface area contributed by atoms with Gasteiger partial charge >= 0.3 is 12.1 Å². The van der Waals surface area contributed by atoms with Crippen molar-refractivity contribution in [2.75, 3.05) is 25.2 Å². The number of ether oxygens (including phenoxy) is 2. The second-order valence-corrected chi connectivity index (χ2v) is 8.96. The highest BCUT2D eigenvalue weighted by atomic mass is 32.1. The zero-order valence-corrected chi connectivity index (χ0v) is 17.4. The molecule has 1 saturated heterocycles. The molecule has 2 aliphatic rings. The number of alkyl halides is 3. The number of amides is 1. The van der Waals surface area contributed by atoms with Gasteiger partial charge in [-0.1, -0.05) is 0 Å². The second-order valence-electron chi connectivity index (χ2n) is 7.70. The molecule has 0 atom stereocenters.